The molecule has 1 N–H and O–H groups in total. The molecule has 0 spiro atoms. The van der Waals surface area contributed by atoms with Crippen LogP contribution in [0.15, 0.2) is 133 Å². The number of fused-ring (bicyclic) bond motifs is 4. The molecule has 18 heteroatoms. The van der Waals surface area contributed by atoms with Gasteiger partial charge in [0.2, 0.25) is 29.3 Å². The second-order valence-electron chi connectivity index (χ2n) is 18.0. The third kappa shape index (κ3) is 13.7. The van der Waals surface area contributed by atoms with Gasteiger partial charge < -0.3 is 41.9 Å². The second kappa shape index (κ2) is 24.4. The van der Waals surface area contributed by atoms with Crippen LogP contribution in [0.25, 0.3) is 0 Å². The van der Waals surface area contributed by atoms with E-state index in [1.807, 2.05) is 97.9 Å². The Morgan fingerprint density at radius 3 is 1.40 bits per heavy atom. The third-order valence-electron chi connectivity index (χ3n) is 12.1. The van der Waals surface area contributed by atoms with Crippen molar-refractivity contribution in [3.8, 4) is 23.0 Å². The lowest BCUT2D eigenvalue weighted by atomic mass is 9.91. The van der Waals surface area contributed by atoms with E-state index in [1.165, 1.54) is 12.1 Å². The molecule has 386 valence electrons. The molecule has 4 aromatic heterocycles. The number of ether oxygens (including phenoxy) is 4. The van der Waals surface area contributed by atoms with Gasteiger partial charge in [-0.25, -0.2) is 24.3 Å². The van der Waals surface area contributed by atoms with Crippen molar-refractivity contribution in [2.75, 3.05) is 0 Å². The number of para-hydroxylation sites is 3. The Balaban J connectivity index is 0.000000122. The zero-order valence-corrected chi connectivity index (χ0v) is 41.4. The molecule has 8 aromatic rings. The fourth-order valence-electron chi connectivity index (χ4n) is 8.43. The smallest absolute Gasteiger partial charge is 0.289 e. The number of hydrogen-bond donors (Lipinski definition) is 1. The van der Waals surface area contributed by atoms with Gasteiger partial charge in [-0.1, -0.05) is 67.6 Å². The number of oxazole rings is 4. The Hall–Kier alpha value is -8.67. The maximum atomic E-state index is 13.0. The number of ketones is 3. The van der Waals surface area contributed by atoms with Crippen molar-refractivity contribution in [3.63, 3.8) is 0 Å². The fourth-order valence-corrected chi connectivity index (χ4v) is 8.43. The lowest BCUT2D eigenvalue weighted by molar-refractivity contribution is 0.0892. The normalized spacial score (nSPS) is 16.1. The molecule has 0 bridgehead atoms. The highest BCUT2D eigenvalue weighted by atomic mass is 19.1. The largest absolute Gasteiger partial charge is 0.484 e. The summed E-state index contributed by atoms with van der Waals surface area (Å²) in [5.74, 6) is 5.71. The number of rotatable bonds is 12. The van der Waals surface area contributed by atoms with Crippen molar-refractivity contribution in [2.24, 2.45) is 0 Å². The number of aryl methyl sites for hydroxylation is 2. The average Bonchev–Trinajstić information content (AvgIpc) is 4.26. The summed E-state index contributed by atoms with van der Waals surface area (Å²) in [4.78, 5) is 63.9. The van der Waals surface area contributed by atoms with Crippen LogP contribution in [-0.2, 0) is 45.7 Å². The van der Waals surface area contributed by atoms with Gasteiger partial charge in [0.1, 0.15) is 28.8 Å². The molecule has 75 heavy (non-hydrogen) atoms. The Labute approximate surface area is 430 Å². The molecule has 17 nitrogen and oxygen atoms in total. The van der Waals surface area contributed by atoms with E-state index in [9.17, 15) is 23.6 Å². The van der Waals surface area contributed by atoms with Crippen LogP contribution in [-0.4, -0.2) is 49.2 Å². The lowest BCUT2D eigenvalue weighted by Gasteiger charge is -2.16. The Kier molecular flexibility index (Phi) is 16.6. The lowest BCUT2D eigenvalue weighted by Crippen LogP contribution is -2.38. The molecule has 0 radical (unpaired) electrons. The summed E-state index contributed by atoms with van der Waals surface area (Å²) in [7, 11) is 0. The third-order valence-corrected chi connectivity index (χ3v) is 12.1. The van der Waals surface area contributed by atoms with Crippen molar-refractivity contribution >= 4 is 23.3 Å². The highest BCUT2D eigenvalue weighted by molar-refractivity contribution is 5.96. The van der Waals surface area contributed by atoms with E-state index >= 15 is 0 Å². The van der Waals surface area contributed by atoms with Crippen LogP contribution in [0, 0.1) is 5.82 Å². The van der Waals surface area contributed by atoms with Gasteiger partial charge in [0, 0.05) is 43.7 Å². The number of halogens is 1. The number of nitrogens with zero attached hydrogens (tertiary/aromatic N) is 4. The first-order chi connectivity index (χ1) is 36.5. The molecule has 2 unspecified atom stereocenters. The minimum absolute atomic E-state index is 0.00856. The summed E-state index contributed by atoms with van der Waals surface area (Å²) in [6, 6.07) is 34.3. The highest BCUT2D eigenvalue weighted by Gasteiger charge is 2.30. The Bertz CT molecular complexity index is 3220. The first-order valence-electron chi connectivity index (χ1n) is 24.8. The highest BCUT2D eigenvalue weighted by Crippen LogP contribution is 2.32. The molecule has 3 aliphatic carbocycles. The molecule has 12 rings (SSSR count). The average molecular weight is 1020 g/mol. The number of carbonyl (C=O) groups is 4. The van der Waals surface area contributed by atoms with E-state index in [0.29, 0.717) is 89.4 Å². The minimum Gasteiger partial charge on any atom is -0.484 e. The number of carbonyl (C=O) groups excluding carboxylic acids is 4. The molecule has 4 aliphatic rings. The van der Waals surface area contributed by atoms with Gasteiger partial charge in [0.15, 0.2) is 61.1 Å². The monoisotopic (exact) mass is 1020 g/mol. The maximum Gasteiger partial charge on any atom is 0.289 e. The first-order valence-corrected chi connectivity index (χ1v) is 24.8. The summed E-state index contributed by atoms with van der Waals surface area (Å²) in [6.07, 6.45) is 6.38. The zero-order chi connectivity index (χ0) is 52.1. The van der Waals surface area contributed by atoms with Gasteiger partial charge in [-0.3, -0.25) is 19.2 Å². The van der Waals surface area contributed by atoms with Gasteiger partial charge in [-0.05, 0) is 87.6 Å². The number of Topliss-reactive ketones (excluding diaryl/α,β-unsaturated/α-hetero) is 3. The number of hydrogen-bond acceptors (Lipinski definition) is 16. The van der Waals surface area contributed by atoms with E-state index in [2.05, 4.69) is 32.2 Å². The van der Waals surface area contributed by atoms with Crippen LogP contribution in [0.3, 0.4) is 0 Å². The molecule has 4 aromatic carbocycles. The van der Waals surface area contributed by atoms with Crippen LogP contribution in [0.2, 0.25) is 0 Å². The molecule has 1 amide bonds. The summed E-state index contributed by atoms with van der Waals surface area (Å²) in [5, 5.41) is 2.81. The minimum atomic E-state index is -0.362. The van der Waals surface area contributed by atoms with Crippen LogP contribution in [0.5, 0.6) is 23.0 Å². The molecule has 0 saturated heterocycles. The summed E-state index contributed by atoms with van der Waals surface area (Å²) >= 11 is 0. The molecule has 0 fully saturated rings. The van der Waals surface area contributed by atoms with E-state index in [1.54, 1.807) is 12.1 Å². The van der Waals surface area contributed by atoms with Crippen LogP contribution in [0.4, 0.5) is 4.39 Å². The standard InChI is InChI=1S/C15H15NO3.C14H12FNO3.C14H14N2O3.C14H13NO3/c1-10-7-8-12(17)15-14(10)16-13(19-15)9-18-11-5-3-2-4-6-11;15-9-3-1-4-10(7-9)18-8-13-16-11-5-2-6-12(17)14(11)19-13;1-9-7-11-13(14(17)15-9)19-12(16-11)8-18-10-5-3-2-4-6-10;16-12-8-4-7-11-14(12)18-13(15-11)9-17-10-5-2-1-3-6-10/h2-6,10H,7-9H2,1H3;1,3-4,7H,2,5-6,8H2;2-6,9H,7-8H2,1H3,(H,15,17);1-3,5-6H,4,7-9H2. The maximum absolute atomic E-state index is 13.0. The van der Waals surface area contributed by atoms with Crippen molar-refractivity contribution < 1.29 is 60.2 Å². The van der Waals surface area contributed by atoms with E-state index in [0.717, 1.165) is 60.7 Å². The molecule has 5 heterocycles. The van der Waals surface area contributed by atoms with E-state index < -0.39 is 0 Å². The van der Waals surface area contributed by atoms with E-state index in [4.69, 9.17) is 36.6 Å². The number of nitrogens with one attached hydrogen (secondary N) is 1. The van der Waals surface area contributed by atoms with Gasteiger partial charge in [-0.15, -0.1) is 0 Å². The van der Waals surface area contributed by atoms with Crippen LogP contribution in [0.1, 0.15) is 147 Å². The summed E-state index contributed by atoms with van der Waals surface area (Å²) in [6.45, 7) is 4.81. The number of amides is 1. The van der Waals surface area contributed by atoms with Gasteiger partial charge >= 0.3 is 0 Å². The topological polar surface area (TPSA) is 221 Å². The Morgan fingerprint density at radius 1 is 0.493 bits per heavy atom. The fraction of sp³-hybridized carbons (Fsp3) is 0.298. The number of aromatic nitrogens is 4. The summed E-state index contributed by atoms with van der Waals surface area (Å²) < 4.78 is 56.8. The Morgan fingerprint density at radius 2 is 0.920 bits per heavy atom. The van der Waals surface area contributed by atoms with Crippen molar-refractivity contribution in [1.82, 2.24) is 25.3 Å². The van der Waals surface area contributed by atoms with Crippen molar-refractivity contribution in [1.29, 1.82) is 0 Å². The molecule has 2 atom stereocenters. The molecule has 0 saturated carbocycles. The zero-order valence-electron chi connectivity index (χ0n) is 41.4. The molecular weight excluding hydrogens is 966 g/mol. The van der Waals surface area contributed by atoms with Crippen molar-refractivity contribution in [3.05, 3.63) is 190 Å². The van der Waals surface area contributed by atoms with Crippen LogP contribution >= 0.6 is 0 Å². The van der Waals surface area contributed by atoms with Gasteiger partial charge in [-0.2, -0.15) is 0 Å². The summed E-state index contributed by atoms with van der Waals surface area (Å²) in [5.41, 5.74) is 2.97. The number of benzene rings is 4. The van der Waals surface area contributed by atoms with E-state index in [-0.39, 0.29) is 67.5 Å². The predicted octanol–water partition coefficient (Wildman–Crippen LogP) is 10.9. The SMILES string of the molecule is CC1CCC(=O)c2oc(COc3ccccc3)nc21.CC1Cc2nc(COc3ccccc3)oc2C(=O)N1.O=C1CCCc2nc(COc3cccc(F)c3)oc21.O=C1CCCc2nc(COc3ccccc3)oc21. The predicted molar refractivity (Wildman–Crippen MR) is 266 cm³/mol. The van der Waals surface area contributed by atoms with Gasteiger partial charge in [0.05, 0.1) is 22.8 Å². The quantitative estimate of drug-likeness (QED) is 0.120. The molecule has 1 aliphatic heterocycles. The van der Waals surface area contributed by atoms with Gasteiger partial charge in [0.25, 0.3) is 5.91 Å². The second-order valence-corrected chi connectivity index (χ2v) is 18.0. The molecular formula is C57H54FN5O12. The first kappa shape index (κ1) is 51.2. The van der Waals surface area contributed by atoms with Crippen molar-refractivity contribution in [2.45, 2.75) is 110 Å². The van der Waals surface area contributed by atoms with Crippen LogP contribution < -0.4 is 24.3 Å².